The average molecular weight is 633 g/mol. The van der Waals surface area contributed by atoms with Crippen LogP contribution in [0.2, 0.25) is 0 Å². The van der Waals surface area contributed by atoms with Crippen molar-refractivity contribution in [1.82, 2.24) is 0 Å². The van der Waals surface area contributed by atoms with Gasteiger partial charge in [-0.05, 0) is 116 Å². The van der Waals surface area contributed by atoms with Crippen molar-refractivity contribution < 1.29 is 43.5 Å². The molecular weight excluding hydrogens is 576 g/mol. The number of carbonyl (C=O) groups excluding carboxylic acids is 2. The average Bonchev–Trinajstić information content (AvgIpc) is 3.45. The summed E-state index contributed by atoms with van der Waals surface area (Å²) in [5, 5.41) is 23.8. The van der Waals surface area contributed by atoms with Crippen LogP contribution in [0.3, 0.4) is 0 Å². The molecule has 0 aromatic heterocycles. The molecular formula is C36H56O9. The summed E-state index contributed by atoms with van der Waals surface area (Å²) in [6, 6.07) is 0. The summed E-state index contributed by atoms with van der Waals surface area (Å²) in [5.41, 5.74) is -3.21. The third-order valence-corrected chi connectivity index (χ3v) is 13.3. The molecule has 2 N–H and O–H groups in total. The van der Waals surface area contributed by atoms with E-state index >= 15 is 0 Å². The first-order valence-electron chi connectivity index (χ1n) is 17.1. The molecule has 6 rings (SSSR count). The summed E-state index contributed by atoms with van der Waals surface area (Å²) in [6.07, 6.45) is 3.66. The molecule has 12 atom stereocenters. The fraction of sp³-hybridized carbons (Fsp3) is 0.889. The summed E-state index contributed by atoms with van der Waals surface area (Å²) in [6.45, 7) is 21.1. The van der Waals surface area contributed by atoms with Crippen molar-refractivity contribution in [2.75, 3.05) is 0 Å². The summed E-state index contributed by atoms with van der Waals surface area (Å²) in [7, 11) is 0. The lowest BCUT2D eigenvalue weighted by atomic mass is 9.45. The topological polar surface area (TPSA) is 121 Å². The molecule has 9 heteroatoms. The number of carbonyl (C=O) groups is 2. The monoisotopic (exact) mass is 632 g/mol. The van der Waals surface area contributed by atoms with Gasteiger partial charge < -0.3 is 33.9 Å². The normalized spacial score (nSPS) is 49.0. The van der Waals surface area contributed by atoms with Crippen LogP contribution in [0.1, 0.15) is 115 Å². The van der Waals surface area contributed by atoms with Gasteiger partial charge in [0, 0.05) is 23.7 Å². The van der Waals surface area contributed by atoms with Gasteiger partial charge in [-0.15, -0.1) is 0 Å². The number of hydrogen-bond donors (Lipinski definition) is 2. The maximum Gasteiger partial charge on any atom is 0.302 e. The Labute approximate surface area is 268 Å². The minimum Gasteiger partial charge on any atom is -0.460 e. The smallest absolute Gasteiger partial charge is 0.302 e. The molecule has 4 aliphatic carbocycles. The van der Waals surface area contributed by atoms with Gasteiger partial charge in [-0.25, -0.2) is 0 Å². The molecule has 2 saturated heterocycles. The molecule has 9 nitrogen and oxygen atoms in total. The third-order valence-electron chi connectivity index (χ3n) is 13.3. The molecule has 4 unspecified atom stereocenters. The van der Waals surface area contributed by atoms with Crippen LogP contribution in [0.4, 0.5) is 0 Å². The van der Waals surface area contributed by atoms with Crippen molar-refractivity contribution in [3.8, 4) is 0 Å². The molecule has 5 fully saturated rings. The largest absolute Gasteiger partial charge is 0.460 e. The Bertz CT molecular complexity index is 1280. The van der Waals surface area contributed by atoms with E-state index in [2.05, 4.69) is 20.8 Å². The lowest BCUT2D eigenvalue weighted by molar-refractivity contribution is -0.199. The van der Waals surface area contributed by atoms with Crippen LogP contribution in [0.5, 0.6) is 0 Å². The molecule has 0 amide bonds. The van der Waals surface area contributed by atoms with Crippen molar-refractivity contribution in [3.63, 3.8) is 0 Å². The van der Waals surface area contributed by atoms with Crippen molar-refractivity contribution in [1.29, 1.82) is 0 Å². The van der Waals surface area contributed by atoms with E-state index in [0.29, 0.717) is 19.3 Å². The highest BCUT2D eigenvalue weighted by atomic mass is 16.8. The molecule has 2 heterocycles. The first kappa shape index (κ1) is 33.5. The molecule has 2 aliphatic heterocycles. The second-order valence-corrected chi connectivity index (χ2v) is 17.4. The number of hydrogen-bond acceptors (Lipinski definition) is 9. The fourth-order valence-corrected chi connectivity index (χ4v) is 10.8. The zero-order chi connectivity index (χ0) is 33.3. The number of ether oxygens (including phenoxy) is 5. The van der Waals surface area contributed by atoms with E-state index < -0.39 is 69.4 Å². The maximum atomic E-state index is 14.2. The van der Waals surface area contributed by atoms with Gasteiger partial charge >= 0.3 is 5.97 Å². The van der Waals surface area contributed by atoms with E-state index in [4.69, 9.17) is 23.7 Å². The Balaban J connectivity index is 1.38. The molecule has 0 aromatic carbocycles. The van der Waals surface area contributed by atoms with Crippen LogP contribution >= 0.6 is 0 Å². The van der Waals surface area contributed by atoms with Gasteiger partial charge in [0.15, 0.2) is 17.4 Å². The van der Waals surface area contributed by atoms with Crippen molar-refractivity contribution in [3.05, 3.63) is 11.6 Å². The van der Waals surface area contributed by atoms with Crippen LogP contribution in [-0.4, -0.2) is 74.8 Å². The van der Waals surface area contributed by atoms with Crippen LogP contribution in [0.25, 0.3) is 0 Å². The highest BCUT2D eigenvalue weighted by Crippen LogP contribution is 2.70. The quantitative estimate of drug-likeness (QED) is 0.392. The zero-order valence-electron chi connectivity index (χ0n) is 29.2. The first-order valence-corrected chi connectivity index (χ1v) is 17.1. The van der Waals surface area contributed by atoms with Crippen molar-refractivity contribution in [2.24, 2.45) is 34.5 Å². The predicted octanol–water partition coefficient (Wildman–Crippen LogP) is 5.24. The van der Waals surface area contributed by atoms with Gasteiger partial charge in [0.2, 0.25) is 0 Å². The SMILES string of the molecule is CC(=O)O[C@@H]1CC2C(=O)C=C3C(CC[C@]4(C)C([C@@]5(C)OC(C)(C)O[C@@H]5CC(C)C(C)(C)O)CC[C@@]34O)[C@@]2(C)[C@@H]2OC(C)(C)O[C@@H]21. The minimum atomic E-state index is -1.22. The summed E-state index contributed by atoms with van der Waals surface area (Å²) in [5.74, 6) is -2.75. The number of rotatable bonds is 5. The molecule has 254 valence electrons. The second-order valence-electron chi connectivity index (χ2n) is 17.4. The highest BCUT2D eigenvalue weighted by Gasteiger charge is 2.73. The highest BCUT2D eigenvalue weighted by molar-refractivity contribution is 5.95. The van der Waals surface area contributed by atoms with Gasteiger partial charge in [0.05, 0.1) is 29.0 Å². The minimum absolute atomic E-state index is 0.0355. The molecule has 6 aliphatic rings. The Morgan fingerprint density at radius 2 is 1.69 bits per heavy atom. The van der Waals surface area contributed by atoms with E-state index in [1.165, 1.54) is 6.92 Å². The van der Waals surface area contributed by atoms with E-state index in [1.807, 2.05) is 48.5 Å². The zero-order valence-corrected chi connectivity index (χ0v) is 29.2. The van der Waals surface area contributed by atoms with Gasteiger partial charge in [0.1, 0.15) is 12.2 Å². The van der Waals surface area contributed by atoms with E-state index in [0.717, 1.165) is 24.8 Å². The molecule has 0 spiro atoms. The van der Waals surface area contributed by atoms with Crippen LogP contribution in [0, 0.1) is 34.5 Å². The van der Waals surface area contributed by atoms with Gasteiger partial charge in [0.25, 0.3) is 0 Å². The summed E-state index contributed by atoms with van der Waals surface area (Å²) >= 11 is 0. The Hall–Kier alpha value is -1.36. The Morgan fingerprint density at radius 3 is 2.31 bits per heavy atom. The fourth-order valence-electron chi connectivity index (χ4n) is 10.8. The van der Waals surface area contributed by atoms with Gasteiger partial charge in [-0.2, -0.15) is 0 Å². The molecule has 3 saturated carbocycles. The Kier molecular flexibility index (Phi) is 7.51. The van der Waals surface area contributed by atoms with Crippen LogP contribution in [-0.2, 0) is 33.3 Å². The molecule has 0 aromatic rings. The lowest BCUT2D eigenvalue weighted by Crippen LogP contribution is -2.66. The molecule has 0 bridgehead atoms. The number of fused-ring (bicyclic) bond motifs is 7. The molecule has 45 heavy (non-hydrogen) atoms. The van der Waals surface area contributed by atoms with Crippen LogP contribution < -0.4 is 0 Å². The first-order chi connectivity index (χ1) is 20.5. The molecule has 0 radical (unpaired) electrons. The maximum absolute atomic E-state index is 14.2. The standard InChI is InChI=1S/C36H56O9/c1-19(30(3,4)39)16-27-35(11,45-32(7,8)42-27)26-13-15-36(40)22-17-24(38)23-18-25(41-20(2)37)28-29(44-31(5,6)43-28)34(23,10)21(22)12-14-33(26,36)9/h17,19,21,23,25-29,39-40H,12-16,18H2,1-11H3/t19?,21?,23?,25-,26?,27-,28-,29-,33-,34-,35-,36-/m1/s1. The summed E-state index contributed by atoms with van der Waals surface area (Å²) < 4.78 is 32.1. The van der Waals surface area contributed by atoms with Crippen molar-refractivity contribution >= 4 is 11.8 Å². The number of aliphatic hydroxyl groups is 2. The van der Waals surface area contributed by atoms with E-state index in [1.54, 1.807) is 6.08 Å². The Morgan fingerprint density at radius 1 is 1.02 bits per heavy atom. The number of esters is 1. The second kappa shape index (κ2) is 10.1. The van der Waals surface area contributed by atoms with Gasteiger partial charge in [-0.3, -0.25) is 9.59 Å². The van der Waals surface area contributed by atoms with Crippen molar-refractivity contribution in [2.45, 2.75) is 167 Å². The lowest BCUT2D eigenvalue weighted by Gasteiger charge is -2.62. The van der Waals surface area contributed by atoms with E-state index in [-0.39, 0.29) is 29.6 Å². The predicted molar refractivity (Wildman–Crippen MR) is 166 cm³/mol. The summed E-state index contributed by atoms with van der Waals surface area (Å²) in [4.78, 5) is 26.2. The third kappa shape index (κ3) is 4.84. The van der Waals surface area contributed by atoms with Crippen LogP contribution in [0.15, 0.2) is 11.6 Å². The number of ketones is 1. The van der Waals surface area contributed by atoms with E-state index in [9.17, 15) is 19.8 Å². The number of allylic oxidation sites excluding steroid dienone is 1. The van der Waals surface area contributed by atoms with Gasteiger partial charge in [-0.1, -0.05) is 20.8 Å².